The van der Waals surface area contributed by atoms with Crippen LogP contribution in [-0.2, 0) is 9.53 Å². The molecule has 3 heteroatoms. The number of rotatable bonds is 3. The van der Waals surface area contributed by atoms with E-state index < -0.39 is 0 Å². The molecule has 1 N–H and O–H groups in total. The Kier molecular flexibility index (Phi) is 3.09. The number of hydrogen-bond acceptors (Lipinski definition) is 2. The highest BCUT2D eigenvalue weighted by atomic mass is 16.5. The van der Waals surface area contributed by atoms with Crippen LogP contribution in [0.3, 0.4) is 0 Å². The molecule has 0 spiro atoms. The van der Waals surface area contributed by atoms with Crippen molar-refractivity contribution in [2.24, 2.45) is 0 Å². The lowest BCUT2D eigenvalue weighted by atomic mass is 9.93. The maximum atomic E-state index is 10.9. The summed E-state index contributed by atoms with van der Waals surface area (Å²) < 4.78 is 5.30. The molecule has 1 aliphatic rings. The summed E-state index contributed by atoms with van der Waals surface area (Å²) in [5.74, 6) is 0.0500. The van der Waals surface area contributed by atoms with Crippen LogP contribution in [0.5, 0.6) is 0 Å². The van der Waals surface area contributed by atoms with Crippen molar-refractivity contribution < 1.29 is 9.53 Å². The zero-order valence-electron chi connectivity index (χ0n) is 7.85. The Morgan fingerprint density at radius 3 is 2.83 bits per heavy atom. The van der Waals surface area contributed by atoms with Gasteiger partial charge in [0.25, 0.3) is 0 Å². The molecule has 0 aliphatic carbocycles. The second-order valence-corrected chi connectivity index (χ2v) is 3.51. The predicted molar refractivity (Wildman–Crippen MR) is 46.9 cm³/mol. The van der Waals surface area contributed by atoms with E-state index >= 15 is 0 Å². The standard InChI is InChI=1S/C9H17NO2/c1-3-4-9(10-8(2)11)5-6-12-7-9/h3-7H2,1-2H3,(H,10,11). The normalized spacial score (nSPS) is 28.8. The highest BCUT2D eigenvalue weighted by Crippen LogP contribution is 2.23. The van der Waals surface area contributed by atoms with Gasteiger partial charge in [0.15, 0.2) is 0 Å². The van der Waals surface area contributed by atoms with Crippen LogP contribution in [0, 0.1) is 0 Å². The maximum Gasteiger partial charge on any atom is 0.217 e. The number of carbonyl (C=O) groups is 1. The summed E-state index contributed by atoms with van der Waals surface area (Å²) in [5.41, 5.74) is -0.0550. The van der Waals surface area contributed by atoms with Gasteiger partial charge in [0.1, 0.15) is 0 Å². The van der Waals surface area contributed by atoms with E-state index in [1.807, 2.05) is 0 Å². The first kappa shape index (κ1) is 9.52. The van der Waals surface area contributed by atoms with Gasteiger partial charge < -0.3 is 10.1 Å². The van der Waals surface area contributed by atoms with Crippen LogP contribution in [0.4, 0.5) is 0 Å². The van der Waals surface area contributed by atoms with Gasteiger partial charge >= 0.3 is 0 Å². The first-order chi connectivity index (χ1) is 5.68. The smallest absolute Gasteiger partial charge is 0.217 e. The third-order valence-corrected chi connectivity index (χ3v) is 2.27. The molecule has 3 nitrogen and oxygen atoms in total. The van der Waals surface area contributed by atoms with Crippen LogP contribution >= 0.6 is 0 Å². The second-order valence-electron chi connectivity index (χ2n) is 3.51. The predicted octanol–water partition coefficient (Wildman–Crippen LogP) is 1.08. The molecule has 0 saturated carbocycles. The van der Waals surface area contributed by atoms with Crippen molar-refractivity contribution in [1.29, 1.82) is 0 Å². The molecule has 0 aromatic heterocycles. The number of carbonyl (C=O) groups excluding carboxylic acids is 1. The van der Waals surface area contributed by atoms with E-state index in [2.05, 4.69) is 12.2 Å². The minimum atomic E-state index is -0.0550. The highest BCUT2D eigenvalue weighted by Gasteiger charge is 2.34. The van der Waals surface area contributed by atoms with Gasteiger partial charge in [-0.25, -0.2) is 0 Å². The van der Waals surface area contributed by atoms with E-state index in [0.29, 0.717) is 6.61 Å². The van der Waals surface area contributed by atoms with E-state index in [4.69, 9.17) is 4.74 Å². The third kappa shape index (κ3) is 2.21. The molecule has 0 aromatic carbocycles. The van der Waals surface area contributed by atoms with Crippen molar-refractivity contribution in [2.75, 3.05) is 13.2 Å². The minimum Gasteiger partial charge on any atom is -0.379 e. The Labute approximate surface area is 73.5 Å². The van der Waals surface area contributed by atoms with Gasteiger partial charge in [-0.15, -0.1) is 0 Å². The van der Waals surface area contributed by atoms with Crippen molar-refractivity contribution in [3.63, 3.8) is 0 Å². The van der Waals surface area contributed by atoms with Crippen LogP contribution in [0.15, 0.2) is 0 Å². The monoisotopic (exact) mass is 171 g/mol. The Hall–Kier alpha value is -0.570. The van der Waals surface area contributed by atoms with Gasteiger partial charge in [0.05, 0.1) is 12.1 Å². The quantitative estimate of drug-likeness (QED) is 0.690. The molecule has 1 saturated heterocycles. The van der Waals surface area contributed by atoms with Gasteiger partial charge in [-0.1, -0.05) is 13.3 Å². The molecule has 1 fully saturated rings. The molecular weight excluding hydrogens is 154 g/mol. The lowest BCUT2D eigenvalue weighted by Crippen LogP contribution is -2.48. The first-order valence-electron chi connectivity index (χ1n) is 4.55. The molecule has 0 aromatic rings. The Morgan fingerprint density at radius 1 is 1.67 bits per heavy atom. The molecule has 1 rings (SSSR count). The SMILES string of the molecule is CCCC1(NC(C)=O)CCOC1. The molecule has 1 aliphatic heterocycles. The van der Waals surface area contributed by atoms with Crippen LogP contribution in [0.1, 0.15) is 33.1 Å². The highest BCUT2D eigenvalue weighted by molar-refractivity contribution is 5.73. The third-order valence-electron chi connectivity index (χ3n) is 2.27. The zero-order chi connectivity index (χ0) is 9.03. The molecule has 70 valence electrons. The second kappa shape index (κ2) is 3.90. The number of ether oxygens (including phenoxy) is 1. The molecule has 12 heavy (non-hydrogen) atoms. The van der Waals surface area contributed by atoms with Crippen molar-refractivity contribution in [1.82, 2.24) is 5.32 Å². The van der Waals surface area contributed by atoms with Crippen molar-refractivity contribution in [3.05, 3.63) is 0 Å². The summed E-state index contributed by atoms with van der Waals surface area (Å²) in [4.78, 5) is 10.9. The van der Waals surface area contributed by atoms with Crippen LogP contribution in [-0.4, -0.2) is 24.7 Å². The fraction of sp³-hybridized carbons (Fsp3) is 0.889. The van der Waals surface area contributed by atoms with Gasteiger partial charge in [0.2, 0.25) is 5.91 Å². The largest absolute Gasteiger partial charge is 0.379 e. The fourth-order valence-electron chi connectivity index (χ4n) is 1.82. The molecule has 1 unspecified atom stereocenters. The molecule has 1 amide bonds. The van der Waals surface area contributed by atoms with E-state index in [9.17, 15) is 4.79 Å². The summed E-state index contributed by atoms with van der Waals surface area (Å²) in [7, 11) is 0. The Bertz CT molecular complexity index is 162. The Balaban J connectivity index is 2.52. The van der Waals surface area contributed by atoms with E-state index in [1.54, 1.807) is 6.92 Å². The topological polar surface area (TPSA) is 38.3 Å². The molecule has 0 radical (unpaired) electrons. The average molecular weight is 171 g/mol. The number of amides is 1. The van der Waals surface area contributed by atoms with Gasteiger partial charge in [-0.2, -0.15) is 0 Å². The molecule has 1 heterocycles. The van der Waals surface area contributed by atoms with Crippen molar-refractivity contribution >= 4 is 5.91 Å². The fourth-order valence-corrected chi connectivity index (χ4v) is 1.82. The van der Waals surface area contributed by atoms with E-state index in [0.717, 1.165) is 25.9 Å². The first-order valence-corrected chi connectivity index (χ1v) is 4.55. The summed E-state index contributed by atoms with van der Waals surface area (Å²) in [6.07, 6.45) is 3.07. The van der Waals surface area contributed by atoms with E-state index in [-0.39, 0.29) is 11.4 Å². The van der Waals surface area contributed by atoms with Gasteiger partial charge in [-0.3, -0.25) is 4.79 Å². The number of nitrogens with one attached hydrogen (secondary N) is 1. The van der Waals surface area contributed by atoms with Gasteiger partial charge in [-0.05, 0) is 12.8 Å². The zero-order valence-corrected chi connectivity index (χ0v) is 7.85. The van der Waals surface area contributed by atoms with Crippen molar-refractivity contribution in [2.45, 2.75) is 38.6 Å². The lowest BCUT2D eigenvalue weighted by molar-refractivity contribution is -0.121. The summed E-state index contributed by atoms with van der Waals surface area (Å²) in [6, 6.07) is 0. The maximum absolute atomic E-state index is 10.9. The van der Waals surface area contributed by atoms with E-state index in [1.165, 1.54) is 0 Å². The summed E-state index contributed by atoms with van der Waals surface area (Å²) in [5, 5.41) is 2.99. The summed E-state index contributed by atoms with van der Waals surface area (Å²) in [6.45, 7) is 5.15. The van der Waals surface area contributed by atoms with Crippen LogP contribution < -0.4 is 5.32 Å². The molecule has 1 atom stereocenters. The van der Waals surface area contributed by atoms with Crippen LogP contribution in [0.2, 0.25) is 0 Å². The lowest BCUT2D eigenvalue weighted by Gasteiger charge is -2.27. The Morgan fingerprint density at radius 2 is 2.42 bits per heavy atom. The minimum absolute atomic E-state index is 0.0500. The number of hydrogen-bond donors (Lipinski definition) is 1. The molecule has 0 bridgehead atoms. The summed E-state index contributed by atoms with van der Waals surface area (Å²) >= 11 is 0. The van der Waals surface area contributed by atoms with Crippen LogP contribution in [0.25, 0.3) is 0 Å². The van der Waals surface area contributed by atoms with Crippen molar-refractivity contribution in [3.8, 4) is 0 Å². The molecular formula is C9H17NO2. The van der Waals surface area contributed by atoms with Gasteiger partial charge in [0, 0.05) is 13.5 Å². The average Bonchev–Trinajstić information content (AvgIpc) is 2.36.